The maximum atomic E-state index is 12.4. The molecular formula is C17H35ClO2Si. The second kappa shape index (κ2) is 10.7. The van der Waals surface area contributed by atoms with Crippen LogP contribution >= 0.6 is 11.6 Å². The third-order valence-corrected chi connectivity index (χ3v) is 5.46. The van der Waals surface area contributed by atoms with E-state index in [1.807, 2.05) is 0 Å². The fourth-order valence-electron chi connectivity index (χ4n) is 2.15. The summed E-state index contributed by atoms with van der Waals surface area (Å²) in [5, 5.41) is 0. The van der Waals surface area contributed by atoms with Crippen LogP contribution in [-0.4, -0.2) is 20.6 Å². The lowest BCUT2D eigenvalue weighted by Crippen LogP contribution is -2.36. The predicted octanol–water partition coefficient (Wildman–Crippen LogP) is 4.93. The van der Waals surface area contributed by atoms with Crippen molar-refractivity contribution in [2.24, 2.45) is 17.8 Å². The van der Waals surface area contributed by atoms with Gasteiger partial charge < -0.3 is 4.43 Å². The monoisotopic (exact) mass is 334 g/mol. The second-order valence-corrected chi connectivity index (χ2v) is 9.63. The molecule has 0 atom stereocenters. The molecular weight excluding hydrogens is 300 g/mol. The Morgan fingerprint density at radius 3 is 1.76 bits per heavy atom. The van der Waals surface area contributed by atoms with E-state index >= 15 is 0 Å². The van der Waals surface area contributed by atoms with E-state index in [4.69, 9.17) is 16.0 Å². The van der Waals surface area contributed by atoms with Crippen molar-refractivity contribution in [2.45, 2.75) is 84.6 Å². The Morgan fingerprint density at radius 2 is 1.38 bits per heavy atom. The number of carbonyl (C=O) groups is 1. The molecule has 0 heterocycles. The first-order valence-corrected chi connectivity index (χ1v) is 10.5. The molecule has 0 unspecified atom stereocenters. The van der Waals surface area contributed by atoms with Gasteiger partial charge in [0, 0.05) is 0 Å². The summed E-state index contributed by atoms with van der Waals surface area (Å²) in [7, 11) is -0.765. The van der Waals surface area contributed by atoms with E-state index in [9.17, 15) is 4.79 Å². The van der Waals surface area contributed by atoms with Crippen molar-refractivity contribution >= 4 is 27.3 Å². The number of alkyl halides is 1. The zero-order valence-corrected chi connectivity index (χ0v) is 17.0. The molecule has 0 aromatic rings. The van der Waals surface area contributed by atoms with E-state index < -0.39 is 14.6 Å². The number of hydrogen-bond donors (Lipinski definition) is 0. The summed E-state index contributed by atoms with van der Waals surface area (Å²) in [5.74, 6) is 1.65. The summed E-state index contributed by atoms with van der Waals surface area (Å²) >= 11 is 6.67. The summed E-state index contributed by atoms with van der Waals surface area (Å²) in [6.07, 6.45) is 4.56. The Kier molecular flexibility index (Phi) is 10.6. The summed E-state index contributed by atoms with van der Waals surface area (Å²) < 4.78 is 5.59. The van der Waals surface area contributed by atoms with Crippen LogP contribution in [0.25, 0.3) is 0 Å². The van der Waals surface area contributed by atoms with Crippen molar-refractivity contribution in [3.05, 3.63) is 0 Å². The Balaban J connectivity index is 4.43. The number of hydrogen-bond acceptors (Lipinski definition) is 2. The molecule has 2 nitrogen and oxygen atoms in total. The van der Waals surface area contributed by atoms with Gasteiger partial charge in [-0.15, -0.1) is 11.6 Å². The molecule has 4 heteroatoms. The zero-order valence-electron chi connectivity index (χ0n) is 14.9. The Labute approximate surface area is 139 Å². The van der Waals surface area contributed by atoms with Crippen LogP contribution in [0.5, 0.6) is 0 Å². The third-order valence-electron chi connectivity index (χ3n) is 3.76. The van der Waals surface area contributed by atoms with Crippen molar-refractivity contribution in [1.82, 2.24) is 0 Å². The van der Waals surface area contributed by atoms with Crippen LogP contribution in [0.2, 0.25) is 6.04 Å². The van der Waals surface area contributed by atoms with Gasteiger partial charge in [-0.1, -0.05) is 48.0 Å². The van der Waals surface area contributed by atoms with Crippen LogP contribution in [0.4, 0.5) is 0 Å². The van der Waals surface area contributed by atoms with Gasteiger partial charge in [-0.25, -0.2) is 0 Å². The maximum absolute atomic E-state index is 12.4. The molecule has 126 valence electrons. The van der Waals surface area contributed by atoms with E-state index in [1.165, 1.54) is 0 Å². The zero-order chi connectivity index (χ0) is 16.5. The van der Waals surface area contributed by atoms with Gasteiger partial charge >= 0.3 is 5.97 Å². The normalized spacial score (nSPS) is 13.0. The van der Waals surface area contributed by atoms with Crippen LogP contribution in [0, 0.1) is 17.8 Å². The SMILES string of the molecule is CC(C)CC[SiH2]OC(=O)C(Cl)(CCC(C)C)CCC(C)C. The van der Waals surface area contributed by atoms with Crippen LogP contribution in [0.1, 0.15) is 73.6 Å². The van der Waals surface area contributed by atoms with E-state index in [0.717, 1.165) is 38.1 Å². The molecule has 0 N–H and O–H groups in total. The molecule has 0 radical (unpaired) electrons. The van der Waals surface area contributed by atoms with Crippen LogP contribution in [0.3, 0.4) is 0 Å². The summed E-state index contributed by atoms with van der Waals surface area (Å²) in [4.78, 5) is 11.6. The molecule has 0 aromatic heterocycles. The molecule has 0 saturated carbocycles. The fourth-order valence-corrected chi connectivity index (χ4v) is 4.10. The Hall–Kier alpha value is -0.0231. The summed E-state index contributed by atoms with van der Waals surface area (Å²) in [6.45, 7) is 13.1. The maximum Gasteiger partial charge on any atom is 0.313 e. The summed E-state index contributed by atoms with van der Waals surface area (Å²) in [5.41, 5.74) is 0. The first-order valence-electron chi connectivity index (χ1n) is 8.53. The Morgan fingerprint density at radius 1 is 0.952 bits per heavy atom. The highest BCUT2D eigenvalue weighted by atomic mass is 35.5. The minimum atomic E-state index is -0.792. The first kappa shape index (κ1) is 21.0. The average molecular weight is 335 g/mol. The molecule has 0 rings (SSSR count). The van der Waals surface area contributed by atoms with E-state index in [0.29, 0.717) is 17.8 Å². The largest absolute Gasteiger partial charge is 0.524 e. The van der Waals surface area contributed by atoms with Crippen molar-refractivity contribution in [3.63, 3.8) is 0 Å². The van der Waals surface area contributed by atoms with E-state index in [-0.39, 0.29) is 5.97 Å². The predicted molar refractivity (Wildman–Crippen MR) is 95.6 cm³/mol. The van der Waals surface area contributed by atoms with Gasteiger partial charge in [-0.05, 0) is 49.5 Å². The minimum absolute atomic E-state index is 0.152. The second-order valence-electron chi connectivity index (χ2n) is 7.50. The standard InChI is InChI=1S/C17H35ClO2Si/c1-13(2)7-10-17(18,11-8-14(3)4)16(19)20-21-12-9-15(5)6/h13-15H,7-12,21H2,1-6H3. The van der Waals surface area contributed by atoms with Gasteiger partial charge in [-0.2, -0.15) is 0 Å². The van der Waals surface area contributed by atoms with Crippen molar-refractivity contribution in [2.75, 3.05) is 0 Å². The van der Waals surface area contributed by atoms with Gasteiger partial charge in [0.05, 0.1) is 0 Å². The number of rotatable bonds is 11. The molecule has 0 bridgehead atoms. The van der Waals surface area contributed by atoms with Crippen molar-refractivity contribution in [1.29, 1.82) is 0 Å². The van der Waals surface area contributed by atoms with Gasteiger partial charge in [-0.3, -0.25) is 4.79 Å². The average Bonchev–Trinajstić information content (AvgIpc) is 2.38. The van der Waals surface area contributed by atoms with Gasteiger partial charge in [0.1, 0.15) is 4.87 Å². The first-order chi connectivity index (χ1) is 9.67. The highest BCUT2D eigenvalue weighted by molar-refractivity contribution is 6.38. The molecule has 0 aromatic carbocycles. The van der Waals surface area contributed by atoms with Crippen LogP contribution in [-0.2, 0) is 9.22 Å². The lowest BCUT2D eigenvalue weighted by Gasteiger charge is -2.27. The van der Waals surface area contributed by atoms with Gasteiger partial charge in [0.25, 0.3) is 0 Å². The minimum Gasteiger partial charge on any atom is -0.524 e. The van der Waals surface area contributed by atoms with E-state index in [2.05, 4.69) is 41.5 Å². The van der Waals surface area contributed by atoms with Crippen LogP contribution < -0.4 is 0 Å². The molecule has 0 aliphatic carbocycles. The highest BCUT2D eigenvalue weighted by Gasteiger charge is 2.37. The van der Waals surface area contributed by atoms with Gasteiger partial charge in [0.2, 0.25) is 9.76 Å². The summed E-state index contributed by atoms with van der Waals surface area (Å²) in [6, 6.07) is 1.06. The van der Waals surface area contributed by atoms with Crippen molar-refractivity contribution < 1.29 is 9.22 Å². The van der Waals surface area contributed by atoms with E-state index in [1.54, 1.807) is 0 Å². The third kappa shape index (κ3) is 10.3. The lowest BCUT2D eigenvalue weighted by molar-refractivity contribution is -0.138. The molecule has 0 fully saturated rings. The highest BCUT2D eigenvalue weighted by Crippen LogP contribution is 2.32. The fraction of sp³-hybridized carbons (Fsp3) is 0.941. The quantitative estimate of drug-likeness (QED) is 0.304. The molecule has 0 amide bonds. The lowest BCUT2D eigenvalue weighted by atomic mass is 9.90. The molecule has 0 aliphatic rings. The number of halogens is 1. The van der Waals surface area contributed by atoms with Crippen molar-refractivity contribution in [3.8, 4) is 0 Å². The topological polar surface area (TPSA) is 26.3 Å². The number of carbonyl (C=O) groups excluding carboxylic acids is 1. The molecule has 0 spiro atoms. The molecule has 21 heavy (non-hydrogen) atoms. The van der Waals surface area contributed by atoms with Crippen LogP contribution in [0.15, 0.2) is 0 Å². The van der Waals surface area contributed by atoms with Gasteiger partial charge in [0.15, 0.2) is 0 Å². The smallest absolute Gasteiger partial charge is 0.313 e. The molecule has 0 aliphatic heterocycles. The Bertz CT molecular complexity index is 279. The molecule has 0 saturated heterocycles.